The van der Waals surface area contributed by atoms with Crippen LogP contribution in [0.1, 0.15) is 25.0 Å². The van der Waals surface area contributed by atoms with Crippen LogP contribution in [0.4, 0.5) is 4.79 Å². The average molecular weight is 346 g/mol. The summed E-state index contributed by atoms with van der Waals surface area (Å²) in [5.41, 5.74) is 3.97. The molecule has 0 atom stereocenters. The van der Waals surface area contributed by atoms with Crippen molar-refractivity contribution in [2.75, 3.05) is 0 Å². The molecule has 0 spiro atoms. The zero-order valence-corrected chi connectivity index (χ0v) is 15.0. The van der Waals surface area contributed by atoms with Gasteiger partial charge in [0.25, 0.3) is 0 Å². The maximum absolute atomic E-state index is 12.2. The largest absolute Gasteiger partial charge is 0.514 e. The summed E-state index contributed by atoms with van der Waals surface area (Å²) < 4.78 is 10.8. The smallest absolute Gasteiger partial charge is 0.431 e. The van der Waals surface area contributed by atoms with Gasteiger partial charge in [0.05, 0.1) is 6.10 Å². The molecule has 0 radical (unpaired) electrons. The summed E-state index contributed by atoms with van der Waals surface area (Å²) in [6.07, 6.45) is -0.243. The van der Waals surface area contributed by atoms with Gasteiger partial charge in [0, 0.05) is 17.5 Å². The Balaban J connectivity index is 2.01. The standard InChI is InChI=1S/C23H22O3/c1-17(2)25-23(24)26-22-20(16-18-10-5-3-6-11-18)14-9-15-21(22)19-12-7-4-8-13-19/h3-15,17H,16H2,1-2H3. The molecule has 0 N–H and O–H groups in total. The fourth-order valence-electron chi connectivity index (χ4n) is 2.81. The Bertz CT molecular complexity index is 855. The van der Waals surface area contributed by atoms with Crippen molar-refractivity contribution in [3.63, 3.8) is 0 Å². The van der Waals surface area contributed by atoms with Gasteiger partial charge in [0.2, 0.25) is 0 Å². The molecule has 0 bridgehead atoms. The van der Waals surface area contributed by atoms with Crippen LogP contribution in [0, 0.1) is 0 Å². The quantitative estimate of drug-likeness (QED) is 0.428. The van der Waals surface area contributed by atoms with E-state index in [0.717, 1.165) is 22.3 Å². The fraction of sp³-hybridized carbons (Fsp3) is 0.174. The van der Waals surface area contributed by atoms with Gasteiger partial charge >= 0.3 is 6.16 Å². The summed E-state index contributed by atoms with van der Waals surface area (Å²) in [5.74, 6) is 0.549. The molecule has 0 saturated carbocycles. The van der Waals surface area contributed by atoms with E-state index in [4.69, 9.17) is 9.47 Å². The van der Waals surface area contributed by atoms with Crippen LogP contribution in [-0.2, 0) is 11.2 Å². The molecule has 0 aliphatic carbocycles. The normalized spacial score (nSPS) is 10.6. The van der Waals surface area contributed by atoms with Crippen LogP contribution >= 0.6 is 0 Å². The molecule has 3 aromatic rings. The molecule has 0 aliphatic rings. The summed E-state index contributed by atoms with van der Waals surface area (Å²) in [5, 5.41) is 0. The van der Waals surface area contributed by atoms with E-state index in [-0.39, 0.29) is 6.10 Å². The molecule has 26 heavy (non-hydrogen) atoms. The van der Waals surface area contributed by atoms with Crippen LogP contribution in [0.25, 0.3) is 11.1 Å². The Hall–Kier alpha value is -3.07. The Kier molecular flexibility index (Phi) is 5.69. The predicted molar refractivity (Wildman–Crippen MR) is 103 cm³/mol. The Labute approximate surface area is 154 Å². The molecule has 0 aliphatic heterocycles. The number of carbonyl (C=O) groups is 1. The van der Waals surface area contributed by atoms with Gasteiger partial charge in [-0.3, -0.25) is 0 Å². The maximum Gasteiger partial charge on any atom is 0.514 e. The van der Waals surface area contributed by atoms with Gasteiger partial charge in [-0.2, -0.15) is 0 Å². The molecular weight excluding hydrogens is 324 g/mol. The molecule has 0 fully saturated rings. The van der Waals surface area contributed by atoms with Gasteiger partial charge in [-0.1, -0.05) is 78.9 Å². The van der Waals surface area contributed by atoms with E-state index in [1.165, 1.54) is 0 Å². The van der Waals surface area contributed by atoms with Gasteiger partial charge in [-0.25, -0.2) is 4.79 Å². The van der Waals surface area contributed by atoms with Crippen molar-refractivity contribution >= 4 is 6.16 Å². The summed E-state index contributed by atoms with van der Waals surface area (Å²) in [6, 6.07) is 26.0. The van der Waals surface area contributed by atoms with Crippen molar-refractivity contribution in [3.8, 4) is 16.9 Å². The summed E-state index contributed by atoms with van der Waals surface area (Å²) in [6.45, 7) is 3.60. The monoisotopic (exact) mass is 346 g/mol. The van der Waals surface area contributed by atoms with E-state index in [1.54, 1.807) is 13.8 Å². The molecule has 3 aromatic carbocycles. The molecule has 0 aromatic heterocycles. The minimum atomic E-state index is -0.683. The number of rotatable bonds is 5. The lowest BCUT2D eigenvalue weighted by Crippen LogP contribution is -2.17. The zero-order chi connectivity index (χ0) is 18.4. The second kappa shape index (κ2) is 8.34. The van der Waals surface area contributed by atoms with Gasteiger partial charge in [0.15, 0.2) is 0 Å². The molecule has 0 amide bonds. The van der Waals surface area contributed by atoms with Gasteiger partial charge in [0.1, 0.15) is 5.75 Å². The Morgan fingerprint density at radius 1 is 0.846 bits per heavy atom. The molecule has 0 unspecified atom stereocenters. The molecule has 0 heterocycles. The van der Waals surface area contributed by atoms with Gasteiger partial charge in [-0.05, 0) is 25.0 Å². The first-order valence-corrected chi connectivity index (χ1v) is 8.73. The van der Waals surface area contributed by atoms with Crippen LogP contribution in [0.15, 0.2) is 78.9 Å². The van der Waals surface area contributed by atoms with Crippen molar-refractivity contribution in [1.29, 1.82) is 0 Å². The molecular formula is C23H22O3. The summed E-state index contributed by atoms with van der Waals surface area (Å²) in [7, 11) is 0. The van der Waals surface area contributed by atoms with E-state index in [0.29, 0.717) is 12.2 Å². The Morgan fingerprint density at radius 3 is 2.15 bits per heavy atom. The highest BCUT2D eigenvalue weighted by Crippen LogP contribution is 2.34. The van der Waals surface area contributed by atoms with Crippen molar-refractivity contribution < 1.29 is 14.3 Å². The lowest BCUT2D eigenvalue weighted by atomic mass is 9.97. The predicted octanol–water partition coefficient (Wildman–Crippen LogP) is 5.87. The molecule has 132 valence electrons. The number of hydrogen-bond acceptors (Lipinski definition) is 3. The SMILES string of the molecule is CC(C)OC(=O)Oc1c(Cc2ccccc2)cccc1-c1ccccc1. The zero-order valence-electron chi connectivity index (χ0n) is 15.0. The van der Waals surface area contributed by atoms with E-state index < -0.39 is 6.16 Å². The summed E-state index contributed by atoms with van der Waals surface area (Å²) >= 11 is 0. The second-order valence-corrected chi connectivity index (χ2v) is 6.34. The number of hydrogen-bond donors (Lipinski definition) is 0. The minimum Gasteiger partial charge on any atom is -0.431 e. The van der Waals surface area contributed by atoms with E-state index >= 15 is 0 Å². The topological polar surface area (TPSA) is 35.5 Å². The number of benzene rings is 3. The lowest BCUT2D eigenvalue weighted by molar-refractivity contribution is 0.0728. The third kappa shape index (κ3) is 4.51. The number of ether oxygens (including phenoxy) is 2. The van der Waals surface area contributed by atoms with Crippen molar-refractivity contribution in [3.05, 3.63) is 90.0 Å². The van der Waals surface area contributed by atoms with Crippen molar-refractivity contribution in [2.45, 2.75) is 26.4 Å². The van der Waals surface area contributed by atoms with Crippen LogP contribution in [-0.4, -0.2) is 12.3 Å². The molecule has 3 rings (SSSR count). The number of carbonyl (C=O) groups excluding carboxylic acids is 1. The first-order valence-electron chi connectivity index (χ1n) is 8.73. The minimum absolute atomic E-state index is 0.232. The first kappa shape index (κ1) is 17.7. The van der Waals surface area contributed by atoms with Crippen LogP contribution in [0.2, 0.25) is 0 Å². The highest BCUT2D eigenvalue weighted by Gasteiger charge is 2.17. The summed E-state index contributed by atoms with van der Waals surface area (Å²) in [4.78, 5) is 12.2. The highest BCUT2D eigenvalue weighted by molar-refractivity contribution is 5.76. The van der Waals surface area contributed by atoms with E-state index in [1.807, 2.05) is 66.7 Å². The van der Waals surface area contributed by atoms with Crippen LogP contribution in [0.3, 0.4) is 0 Å². The second-order valence-electron chi connectivity index (χ2n) is 6.34. The third-order valence-corrected chi connectivity index (χ3v) is 3.94. The first-order chi connectivity index (χ1) is 12.6. The van der Waals surface area contributed by atoms with Gasteiger partial charge in [-0.15, -0.1) is 0 Å². The van der Waals surface area contributed by atoms with E-state index in [9.17, 15) is 4.79 Å². The van der Waals surface area contributed by atoms with Crippen LogP contribution in [0.5, 0.6) is 5.75 Å². The van der Waals surface area contributed by atoms with Crippen molar-refractivity contribution in [2.24, 2.45) is 0 Å². The highest BCUT2D eigenvalue weighted by atomic mass is 16.7. The third-order valence-electron chi connectivity index (χ3n) is 3.94. The average Bonchev–Trinajstić information content (AvgIpc) is 2.64. The Morgan fingerprint density at radius 2 is 1.50 bits per heavy atom. The fourth-order valence-corrected chi connectivity index (χ4v) is 2.81. The van der Waals surface area contributed by atoms with Crippen LogP contribution < -0.4 is 4.74 Å². The molecule has 0 saturated heterocycles. The maximum atomic E-state index is 12.2. The van der Waals surface area contributed by atoms with E-state index in [2.05, 4.69) is 12.1 Å². The number of para-hydroxylation sites is 1. The molecule has 3 heteroatoms. The van der Waals surface area contributed by atoms with Crippen molar-refractivity contribution in [1.82, 2.24) is 0 Å². The van der Waals surface area contributed by atoms with Gasteiger partial charge < -0.3 is 9.47 Å². The molecule has 3 nitrogen and oxygen atoms in total. The lowest BCUT2D eigenvalue weighted by Gasteiger charge is -2.16.